The number of rotatable bonds is 7. The van der Waals surface area contributed by atoms with Crippen LogP contribution in [0.1, 0.15) is 56.8 Å². The molecule has 32 heavy (non-hydrogen) atoms. The van der Waals surface area contributed by atoms with Crippen molar-refractivity contribution in [2.75, 3.05) is 13.7 Å². The zero-order valence-corrected chi connectivity index (χ0v) is 19.7. The second-order valence-corrected chi connectivity index (χ2v) is 8.98. The van der Waals surface area contributed by atoms with Gasteiger partial charge in [-0.3, -0.25) is 4.68 Å². The summed E-state index contributed by atoms with van der Waals surface area (Å²) >= 11 is 6.46. The fraction of sp³-hybridized carbons (Fsp3) is 0.591. The minimum absolute atomic E-state index is 0.240. The van der Waals surface area contributed by atoms with Crippen LogP contribution in [0.25, 0.3) is 17.0 Å². The SMILES string of the molecule is CCOC(=O)c1cnn(-c2nc(OC)c3c(n2)c(Cl)nn3CC2CCC(C(C)C)CC2)c1. The molecule has 0 bridgehead atoms. The third kappa shape index (κ3) is 4.44. The Morgan fingerprint density at radius 1 is 1.25 bits per heavy atom. The summed E-state index contributed by atoms with van der Waals surface area (Å²) in [4.78, 5) is 21.0. The van der Waals surface area contributed by atoms with Gasteiger partial charge < -0.3 is 9.47 Å². The number of halogens is 1. The lowest BCUT2D eigenvalue weighted by Gasteiger charge is -2.30. The summed E-state index contributed by atoms with van der Waals surface area (Å²) in [7, 11) is 1.55. The van der Waals surface area contributed by atoms with E-state index in [1.165, 1.54) is 42.8 Å². The normalized spacial score (nSPS) is 18.9. The molecular weight excluding hydrogens is 432 g/mol. The van der Waals surface area contributed by atoms with Gasteiger partial charge in [-0.1, -0.05) is 25.4 Å². The monoisotopic (exact) mass is 460 g/mol. The van der Waals surface area contributed by atoms with Gasteiger partial charge in [0.05, 0.1) is 25.5 Å². The van der Waals surface area contributed by atoms with Crippen molar-refractivity contribution in [2.45, 2.75) is 53.0 Å². The van der Waals surface area contributed by atoms with Crippen molar-refractivity contribution in [3.8, 4) is 11.8 Å². The molecule has 0 saturated heterocycles. The highest BCUT2D eigenvalue weighted by Gasteiger charge is 2.26. The number of carbonyl (C=O) groups excluding carboxylic acids is 1. The van der Waals surface area contributed by atoms with E-state index in [1.807, 2.05) is 4.68 Å². The van der Waals surface area contributed by atoms with Gasteiger partial charge in [0.1, 0.15) is 5.52 Å². The van der Waals surface area contributed by atoms with Crippen molar-refractivity contribution < 1.29 is 14.3 Å². The molecular formula is C22H29ClN6O3. The van der Waals surface area contributed by atoms with E-state index < -0.39 is 5.97 Å². The van der Waals surface area contributed by atoms with Crippen LogP contribution in [0, 0.1) is 17.8 Å². The van der Waals surface area contributed by atoms with Crippen LogP contribution in [0.3, 0.4) is 0 Å². The maximum absolute atomic E-state index is 12.0. The largest absolute Gasteiger partial charge is 0.479 e. The van der Waals surface area contributed by atoms with Crippen LogP contribution in [0.2, 0.25) is 5.15 Å². The van der Waals surface area contributed by atoms with E-state index in [0.717, 1.165) is 18.4 Å². The van der Waals surface area contributed by atoms with Gasteiger partial charge in [-0.2, -0.15) is 15.2 Å². The van der Waals surface area contributed by atoms with Crippen LogP contribution in [-0.4, -0.2) is 49.2 Å². The zero-order valence-electron chi connectivity index (χ0n) is 18.9. The predicted molar refractivity (Wildman–Crippen MR) is 120 cm³/mol. The average molecular weight is 461 g/mol. The highest BCUT2D eigenvalue weighted by atomic mass is 35.5. The Morgan fingerprint density at radius 2 is 2.00 bits per heavy atom. The predicted octanol–water partition coefficient (Wildman–Crippen LogP) is 4.31. The summed E-state index contributed by atoms with van der Waals surface area (Å²) in [5.41, 5.74) is 1.48. The Hall–Kier alpha value is -2.68. The topological polar surface area (TPSA) is 96.9 Å². The van der Waals surface area contributed by atoms with E-state index in [0.29, 0.717) is 28.4 Å². The molecule has 0 atom stereocenters. The van der Waals surface area contributed by atoms with Crippen molar-refractivity contribution in [2.24, 2.45) is 17.8 Å². The number of methoxy groups -OCH3 is 1. The van der Waals surface area contributed by atoms with E-state index in [9.17, 15) is 4.79 Å². The van der Waals surface area contributed by atoms with Crippen LogP contribution < -0.4 is 4.74 Å². The Bertz CT molecular complexity index is 1100. The standard InChI is InChI=1S/C22H29ClN6O3/c1-5-32-21(30)16-10-24-29(12-16)22-25-17-18(20(26-22)31-4)28(27-19(17)23)11-14-6-8-15(9-7-14)13(2)3/h10,12-15H,5-9,11H2,1-4H3. The highest BCUT2D eigenvalue weighted by molar-refractivity contribution is 6.33. The lowest BCUT2D eigenvalue weighted by atomic mass is 9.77. The van der Waals surface area contributed by atoms with Crippen molar-refractivity contribution in [1.82, 2.24) is 29.5 Å². The van der Waals surface area contributed by atoms with Crippen LogP contribution >= 0.6 is 11.6 Å². The molecule has 9 nitrogen and oxygen atoms in total. The van der Waals surface area contributed by atoms with E-state index in [-0.39, 0.29) is 17.7 Å². The molecule has 0 aromatic carbocycles. The smallest absolute Gasteiger partial charge is 0.341 e. The Balaban J connectivity index is 1.62. The summed E-state index contributed by atoms with van der Waals surface area (Å²) in [5, 5.41) is 9.01. The van der Waals surface area contributed by atoms with E-state index in [4.69, 9.17) is 21.1 Å². The quantitative estimate of drug-likeness (QED) is 0.484. The molecule has 3 aromatic rings. The summed E-state index contributed by atoms with van der Waals surface area (Å²) in [6, 6.07) is 0. The van der Waals surface area contributed by atoms with Gasteiger partial charge in [-0.05, 0) is 50.4 Å². The molecule has 0 spiro atoms. The van der Waals surface area contributed by atoms with Gasteiger partial charge >= 0.3 is 5.97 Å². The molecule has 3 heterocycles. The number of esters is 1. The number of ether oxygens (including phenoxy) is 2. The van der Waals surface area contributed by atoms with Gasteiger partial charge in [0.15, 0.2) is 10.7 Å². The van der Waals surface area contributed by atoms with E-state index in [1.54, 1.807) is 14.0 Å². The molecule has 1 fully saturated rings. The van der Waals surface area contributed by atoms with Crippen LogP contribution in [0.4, 0.5) is 0 Å². The van der Waals surface area contributed by atoms with E-state index >= 15 is 0 Å². The minimum Gasteiger partial charge on any atom is -0.479 e. The first-order valence-corrected chi connectivity index (χ1v) is 11.5. The highest BCUT2D eigenvalue weighted by Crippen LogP contribution is 2.36. The fourth-order valence-electron chi connectivity index (χ4n) is 4.41. The Kier molecular flexibility index (Phi) is 6.64. The number of fused-ring (bicyclic) bond motifs is 1. The molecule has 1 aliphatic carbocycles. The minimum atomic E-state index is -0.454. The van der Waals surface area contributed by atoms with Crippen LogP contribution in [0.5, 0.6) is 5.88 Å². The number of hydrogen-bond donors (Lipinski definition) is 0. The average Bonchev–Trinajstić information content (AvgIpc) is 3.39. The number of nitrogens with zero attached hydrogens (tertiary/aromatic N) is 6. The summed E-state index contributed by atoms with van der Waals surface area (Å²) in [6.07, 6.45) is 7.77. The molecule has 0 N–H and O–H groups in total. The van der Waals surface area contributed by atoms with Crippen molar-refractivity contribution in [3.63, 3.8) is 0 Å². The van der Waals surface area contributed by atoms with E-state index in [2.05, 4.69) is 34.0 Å². The summed E-state index contributed by atoms with van der Waals surface area (Å²) < 4.78 is 13.9. The van der Waals surface area contributed by atoms with Crippen molar-refractivity contribution in [1.29, 1.82) is 0 Å². The first-order valence-electron chi connectivity index (χ1n) is 11.1. The van der Waals surface area contributed by atoms with Gasteiger partial charge in [-0.25, -0.2) is 14.5 Å². The maximum Gasteiger partial charge on any atom is 0.341 e. The maximum atomic E-state index is 12.0. The summed E-state index contributed by atoms with van der Waals surface area (Å²) in [6.45, 7) is 7.40. The first kappa shape index (κ1) is 22.5. The van der Waals surface area contributed by atoms with Gasteiger partial charge in [-0.15, -0.1) is 0 Å². The van der Waals surface area contributed by atoms with Crippen LogP contribution in [0.15, 0.2) is 12.4 Å². The molecule has 0 aliphatic heterocycles. The molecule has 1 aliphatic rings. The van der Waals surface area contributed by atoms with Crippen molar-refractivity contribution in [3.05, 3.63) is 23.1 Å². The zero-order chi connectivity index (χ0) is 22.8. The van der Waals surface area contributed by atoms with Gasteiger partial charge in [0.25, 0.3) is 5.95 Å². The summed E-state index contributed by atoms with van der Waals surface area (Å²) in [5.74, 6) is 2.22. The molecule has 4 rings (SSSR count). The Labute approximate surface area is 192 Å². The molecule has 1 saturated carbocycles. The molecule has 3 aromatic heterocycles. The van der Waals surface area contributed by atoms with Crippen LogP contribution in [-0.2, 0) is 11.3 Å². The lowest BCUT2D eigenvalue weighted by molar-refractivity contribution is 0.0526. The van der Waals surface area contributed by atoms with Gasteiger partial charge in [0, 0.05) is 12.7 Å². The molecule has 172 valence electrons. The first-order chi connectivity index (χ1) is 15.4. The second-order valence-electron chi connectivity index (χ2n) is 8.62. The number of hydrogen-bond acceptors (Lipinski definition) is 7. The Morgan fingerprint density at radius 3 is 2.66 bits per heavy atom. The third-order valence-corrected chi connectivity index (χ3v) is 6.51. The number of carbonyl (C=O) groups is 1. The molecule has 0 unspecified atom stereocenters. The third-order valence-electron chi connectivity index (χ3n) is 6.26. The van der Waals surface area contributed by atoms with Crippen molar-refractivity contribution >= 4 is 28.6 Å². The van der Waals surface area contributed by atoms with Gasteiger partial charge in [0.2, 0.25) is 5.88 Å². The molecule has 0 radical (unpaired) electrons. The second kappa shape index (κ2) is 9.44. The fourth-order valence-corrected chi connectivity index (χ4v) is 4.64. The molecule has 0 amide bonds. The number of aromatic nitrogens is 6. The molecule has 10 heteroatoms. The lowest BCUT2D eigenvalue weighted by Crippen LogP contribution is -2.22.